The molecule has 2 fully saturated rings. The molecular formula is C25H25F5N4. The number of hydrogen-bond acceptors (Lipinski definition) is 3. The molecule has 0 unspecified atom stereocenters. The van der Waals surface area contributed by atoms with Crippen LogP contribution < -0.4 is 0 Å². The van der Waals surface area contributed by atoms with Crippen LogP contribution in [0.3, 0.4) is 0 Å². The highest BCUT2D eigenvalue weighted by Gasteiger charge is 2.60. The zero-order valence-corrected chi connectivity index (χ0v) is 18.7. The molecule has 2 heterocycles. The van der Waals surface area contributed by atoms with Crippen molar-refractivity contribution in [3.63, 3.8) is 0 Å². The lowest BCUT2D eigenvalue weighted by molar-refractivity contribution is -0.137. The Hall–Kier alpha value is -2.81. The molecule has 9 heteroatoms. The van der Waals surface area contributed by atoms with Crippen molar-refractivity contribution in [1.82, 2.24) is 19.7 Å². The summed E-state index contributed by atoms with van der Waals surface area (Å²) in [5, 5.41) is 8.26. The maximum Gasteiger partial charge on any atom is 0.416 e. The summed E-state index contributed by atoms with van der Waals surface area (Å²) in [7, 11) is 1.77. The third-order valence-electron chi connectivity index (χ3n) is 7.27. The first-order chi connectivity index (χ1) is 16.2. The minimum absolute atomic E-state index is 0.00184. The van der Waals surface area contributed by atoms with Crippen LogP contribution in [-0.2, 0) is 25.1 Å². The molecule has 0 radical (unpaired) electrons. The molecule has 2 aliphatic rings. The van der Waals surface area contributed by atoms with E-state index in [1.807, 2.05) is 0 Å². The van der Waals surface area contributed by atoms with Crippen molar-refractivity contribution in [2.24, 2.45) is 13.0 Å². The van der Waals surface area contributed by atoms with E-state index in [0.717, 1.165) is 56.4 Å². The molecule has 34 heavy (non-hydrogen) atoms. The van der Waals surface area contributed by atoms with E-state index in [1.165, 1.54) is 24.3 Å². The molecule has 3 aromatic rings. The van der Waals surface area contributed by atoms with Crippen molar-refractivity contribution in [3.8, 4) is 11.4 Å². The molecule has 2 atom stereocenters. The first-order valence-electron chi connectivity index (χ1n) is 11.4. The fourth-order valence-corrected chi connectivity index (χ4v) is 5.30. The predicted octanol–water partition coefficient (Wildman–Crippen LogP) is 5.38. The Morgan fingerprint density at radius 3 is 2.50 bits per heavy atom. The Morgan fingerprint density at radius 1 is 1.03 bits per heavy atom. The number of benzene rings is 2. The summed E-state index contributed by atoms with van der Waals surface area (Å²) >= 11 is 0. The molecule has 0 spiro atoms. The second kappa shape index (κ2) is 8.45. The lowest BCUT2D eigenvalue weighted by Gasteiger charge is -2.21. The van der Waals surface area contributed by atoms with E-state index in [2.05, 4.69) is 15.1 Å². The fourth-order valence-electron chi connectivity index (χ4n) is 5.30. The molecule has 180 valence electrons. The van der Waals surface area contributed by atoms with Gasteiger partial charge in [0.2, 0.25) is 0 Å². The van der Waals surface area contributed by atoms with Gasteiger partial charge in [-0.25, -0.2) is 8.78 Å². The number of rotatable bonds is 7. The van der Waals surface area contributed by atoms with Crippen molar-refractivity contribution >= 4 is 0 Å². The summed E-state index contributed by atoms with van der Waals surface area (Å²) in [5.74, 6) is 0.311. The standard InChI is InChI=1S/C25H25F5N4/c1-33-22(31-32-23(33)20-10-9-19(26)12-21(20)27)4-2-3-11-34-14-18-13-24(18,15-34)16-5-7-17(8-6-16)25(28,29)30/h5-10,12,18H,2-4,11,13-15H2,1H3/t18-,24+/m0/s1. The van der Waals surface area contributed by atoms with Gasteiger partial charge >= 0.3 is 6.18 Å². The number of nitrogens with zero attached hydrogens (tertiary/aromatic N) is 4. The molecule has 1 aromatic heterocycles. The van der Waals surface area contributed by atoms with Gasteiger partial charge in [0.15, 0.2) is 5.82 Å². The van der Waals surface area contributed by atoms with E-state index >= 15 is 0 Å². The lowest BCUT2D eigenvalue weighted by Crippen LogP contribution is -2.27. The number of piperidine rings is 1. The van der Waals surface area contributed by atoms with Gasteiger partial charge in [0.05, 0.1) is 11.1 Å². The molecule has 1 saturated carbocycles. The molecule has 1 saturated heterocycles. The zero-order valence-electron chi connectivity index (χ0n) is 18.7. The number of alkyl halides is 3. The normalized spacial score (nSPS) is 22.2. The van der Waals surface area contributed by atoms with E-state index in [9.17, 15) is 22.0 Å². The van der Waals surface area contributed by atoms with Gasteiger partial charge in [-0.3, -0.25) is 0 Å². The van der Waals surface area contributed by atoms with E-state index in [0.29, 0.717) is 18.2 Å². The van der Waals surface area contributed by atoms with Crippen LogP contribution in [-0.4, -0.2) is 39.3 Å². The number of unbranched alkanes of at least 4 members (excludes halogenated alkanes) is 1. The van der Waals surface area contributed by atoms with Gasteiger partial charge in [0.25, 0.3) is 0 Å². The van der Waals surface area contributed by atoms with Crippen molar-refractivity contribution < 1.29 is 22.0 Å². The van der Waals surface area contributed by atoms with Crippen LogP contribution in [0.4, 0.5) is 22.0 Å². The van der Waals surface area contributed by atoms with Crippen LogP contribution in [0.2, 0.25) is 0 Å². The van der Waals surface area contributed by atoms with Gasteiger partial charge in [0.1, 0.15) is 17.5 Å². The minimum Gasteiger partial charge on any atom is -0.314 e. The Kier molecular flexibility index (Phi) is 5.70. The summed E-state index contributed by atoms with van der Waals surface area (Å²) in [6.07, 6.45) is -0.753. The topological polar surface area (TPSA) is 34.0 Å². The smallest absolute Gasteiger partial charge is 0.314 e. The molecule has 1 aliphatic carbocycles. The number of hydrogen-bond donors (Lipinski definition) is 0. The quantitative estimate of drug-likeness (QED) is 0.339. The Labute approximate surface area is 194 Å². The van der Waals surface area contributed by atoms with E-state index < -0.39 is 23.4 Å². The summed E-state index contributed by atoms with van der Waals surface area (Å²) in [4.78, 5) is 2.39. The van der Waals surface area contributed by atoms with Crippen LogP contribution in [0.15, 0.2) is 42.5 Å². The predicted molar refractivity (Wildman–Crippen MR) is 117 cm³/mol. The van der Waals surface area contributed by atoms with Crippen molar-refractivity contribution in [1.29, 1.82) is 0 Å². The van der Waals surface area contributed by atoms with Crippen LogP contribution in [0.1, 0.15) is 36.2 Å². The average Bonchev–Trinajstić information content (AvgIpc) is 3.17. The van der Waals surface area contributed by atoms with Crippen LogP contribution in [0.5, 0.6) is 0 Å². The van der Waals surface area contributed by atoms with Gasteiger partial charge in [-0.05, 0) is 61.6 Å². The van der Waals surface area contributed by atoms with Crippen molar-refractivity contribution in [2.45, 2.75) is 37.3 Å². The van der Waals surface area contributed by atoms with E-state index in [-0.39, 0.29) is 11.0 Å². The molecule has 5 rings (SSSR count). The molecule has 0 N–H and O–H groups in total. The lowest BCUT2D eigenvalue weighted by atomic mass is 9.94. The molecule has 2 aromatic carbocycles. The number of halogens is 5. The summed E-state index contributed by atoms with van der Waals surface area (Å²) in [6.45, 7) is 2.76. The van der Waals surface area contributed by atoms with Gasteiger partial charge in [0, 0.05) is 38.0 Å². The number of likely N-dealkylation sites (tertiary alicyclic amines) is 1. The van der Waals surface area contributed by atoms with Gasteiger partial charge in [-0.1, -0.05) is 12.1 Å². The monoisotopic (exact) mass is 476 g/mol. The number of aryl methyl sites for hydroxylation is 1. The molecule has 0 amide bonds. The van der Waals surface area contributed by atoms with Crippen LogP contribution in [0.25, 0.3) is 11.4 Å². The van der Waals surface area contributed by atoms with Crippen LogP contribution in [0, 0.1) is 17.6 Å². The average molecular weight is 476 g/mol. The van der Waals surface area contributed by atoms with Crippen molar-refractivity contribution in [3.05, 3.63) is 71.1 Å². The van der Waals surface area contributed by atoms with Gasteiger partial charge in [-0.2, -0.15) is 13.2 Å². The van der Waals surface area contributed by atoms with Gasteiger partial charge in [-0.15, -0.1) is 10.2 Å². The molecule has 0 bridgehead atoms. The first kappa shape index (κ1) is 23.0. The Bertz CT molecular complexity index is 1190. The third kappa shape index (κ3) is 4.21. The number of aromatic nitrogens is 3. The highest BCUT2D eigenvalue weighted by molar-refractivity contribution is 5.56. The highest BCUT2D eigenvalue weighted by Crippen LogP contribution is 2.59. The highest BCUT2D eigenvalue weighted by atomic mass is 19.4. The Morgan fingerprint density at radius 2 is 1.79 bits per heavy atom. The zero-order chi connectivity index (χ0) is 24.1. The number of fused-ring (bicyclic) bond motifs is 1. The fraction of sp³-hybridized carbons (Fsp3) is 0.440. The summed E-state index contributed by atoms with van der Waals surface area (Å²) < 4.78 is 67.6. The Balaban J connectivity index is 1.13. The second-order valence-corrected chi connectivity index (χ2v) is 9.45. The maximum absolute atomic E-state index is 14.1. The molecule has 4 nitrogen and oxygen atoms in total. The third-order valence-corrected chi connectivity index (χ3v) is 7.27. The first-order valence-corrected chi connectivity index (χ1v) is 11.4. The summed E-state index contributed by atoms with van der Waals surface area (Å²) in [5.41, 5.74) is 0.621. The van der Waals surface area contributed by atoms with Crippen LogP contribution >= 0.6 is 0 Å². The van der Waals surface area contributed by atoms with E-state index in [1.54, 1.807) is 23.7 Å². The van der Waals surface area contributed by atoms with Gasteiger partial charge < -0.3 is 9.47 Å². The maximum atomic E-state index is 14.1. The largest absolute Gasteiger partial charge is 0.416 e. The minimum atomic E-state index is -4.31. The second-order valence-electron chi connectivity index (χ2n) is 9.45. The molecule has 1 aliphatic heterocycles. The summed E-state index contributed by atoms with van der Waals surface area (Å²) in [6, 6.07) is 9.06. The SMILES string of the molecule is Cn1c(CCCCN2C[C@@H]3C[C@]3(c3ccc(C(F)(F)F)cc3)C2)nnc1-c1ccc(F)cc1F. The van der Waals surface area contributed by atoms with E-state index in [4.69, 9.17) is 0 Å². The molecular weight excluding hydrogens is 451 g/mol. The van der Waals surface area contributed by atoms with Crippen molar-refractivity contribution in [2.75, 3.05) is 19.6 Å².